The van der Waals surface area contributed by atoms with Crippen LogP contribution in [0.4, 0.5) is 8.78 Å². The van der Waals surface area contributed by atoms with Crippen LogP contribution in [0.3, 0.4) is 0 Å². The molecule has 0 spiro atoms. The average molecular weight is 279 g/mol. The Morgan fingerprint density at radius 2 is 1.90 bits per heavy atom. The fraction of sp³-hybridized carbons (Fsp3) is 0.375. The largest absolute Gasteiger partial charge is 0.459 e. The predicted molar refractivity (Wildman–Crippen MR) is 75.5 cm³/mol. The molecule has 1 atom stereocenters. The summed E-state index contributed by atoms with van der Waals surface area (Å²) in [5.41, 5.74) is 0.447. The van der Waals surface area contributed by atoms with Crippen molar-refractivity contribution in [2.45, 2.75) is 33.2 Å². The molecule has 1 aromatic heterocycles. The predicted octanol–water partition coefficient (Wildman–Crippen LogP) is 4.59. The van der Waals surface area contributed by atoms with Crippen LogP contribution in [0.25, 0.3) is 11.3 Å². The van der Waals surface area contributed by atoms with E-state index in [1.807, 2.05) is 19.9 Å². The molecule has 108 valence electrons. The summed E-state index contributed by atoms with van der Waals surface area (Å²) < 4.78 is 33.2. The van der Waals surface area contributed by atoms with Crippen molar-refractivity contribution in [3.63, 3.8) is 0 Å². The van der Waals surface area contributed by atoms with Crippen molar-refractivity contribution in [3.8, 4) is 11.3 Å². The summed E-state index contributed by atoms with van der Waals surface area (Å²) >= 11 is 0. The van der Waals surface area contributed by atoms with Crippen molar-refractivity contribution in [1.29, 1.82) is 0 Å². The first kappa shape index (κ1) is 14.7. The normalized spacial score (nSPS) is 12.7. The summed E-state index contributed by atoms with van der Waals surface area (Å²) in [6, 6.07) is 5.95. The third-order valence-electron chi connectivity index (χ3n) is 3.34. The maximum absolute atomic E-state index is 13.9. The second-order valence-corrected chi connectivity index (χ2v) is 4.80. The summed E-state index contributed by atoms with van der Waals surface area (Å²) in [6.45, 7) is 6.42. The molecule has 1 heterocycles. The van der Waals surface area contributed by atoms with Crippen LogP contribution in [0.1, 0.15) is 37.6 Å². The maximum Gasteiger partial charge on any atom is 0.137 e. The second-order valence-electron chi connectivity index (χ2n) is 4.80. The number of rotatable bonds is 5. The Morgan fingerprint density at radius 1 is 1.15 bits per heavy atom. The van der Waals surface area contributed by atoms with E-state index in [-0.39, 0.29) is 17.2 Å². The van der Waals surface area contributed by atoms with E-state index >= 15 is 0 Å². The van der Waals surface area contributed by atoms with Gasteiger partial charge in [-0.25, -0.2) is 8.78 Å². The lowest BCUT2D eigenvalue weighted by Crippen LogP contribution is -2.19. The zero-order valence-corrected chi connectivity index (χ0v) is 12.0. The highest BCUT2D eigenvalue weighted by Crippen LogP contribution is 2.29. The van der Waals surface area contributed by atoms with Crippen molar-refractivity contribution in [2.24, 2.45) is 0 Å². The Morgan fingerprint density at radius 3 is 2.55 bits per heavy atom. The topological polar surface area (TPSA) is 25.2 Å². The molecule has 0 saturated carbocycles. The number of halogens is 2. The number of hydrogen-bond acceptors (Lipinski definition) is 2. The van der Waals surface area contributed by atoms with Crippen LogP contribution in [0.2, 0.25) is 0 Å². The maximum atomic E-state index is 13.9. The fourth-order valence-corrected chi connectivity index (χ4v) is 2.21. The monoisotopic (exact) mass is 279 g/mol. The molecule has 20 heavy (non-hydrogen) atoms. The van der Waals surface area contributed by atoms with Gasteiger partial charge in [-0.2, -0.15) is 0 Å². The van der Waals surface area contributed by atoms with Crippen molar-refractivity contribution in [2.75, 3.05) is 6.54 Å². The van der Waals surface area contributed by atoms with Crippen molar-refractivity contribution < 1.29 is 13.2 Å². The molecule has 0 fully saturated rings. The smallest absolute Gasteiger partial charge is 0.137 e. The van der Waals surface area contributed by atoms with Gasteiger partial charge in [0.1, 0.15) is 23.2 Å². The van der Waals surface area contributed by atoms with Crippen LogP contribution in [0.5, 0.6) is 0 Å². The summed E-state index contributed by atoms with van der Waals surface area (Å²) in [4.78, 5) is 0. The molecule has 2 rings (SSSR count). The third kappa shape index (κ3) is 2.90. The molecule has 1 aromatic carbocycles. The molecular weight excluding hydrogens is 260 g/mol. The van der Waals surface area contributed by atoms with Gasteiger partial charge < -0.3 is 9.73 Å². The van der Waals surface area contributed by atoms with Crippen LogP contribution in [0.15, 0.2) is 28.7 Å². The van der Waals surface area contributed by atoms with E-state index in [0.717, 1.165) is 18.7 Å². The van der Waals surface area contributed by atoms with Gasteiger partial charge in [0, 0.05) is 0 Å². The second kappa shape index (κ2) is 6.18. The zero-order valence-electron chi connectivity index (χ0n) is 12.0. The first-order valence-electron chi connectivity index (χ1n) is 6.85. The molecule has 0 saturated heterocycles. The molecule has 0 aliphatic carbocycles. The van der Waals surface area contributed by atoms with Gasteiger partial charge in [0.15, 0.2) is 0 Å². The van der Waals surface area contributed by atoms with E-state index in [9.17, 15) is 8.78 Å². The quantitative estimate of drug-likeness (QED) is 0.865. The molecule has 0 amide bonds. The van der Waals surface area contributed by atoms with Gasteiger partial charge >= 0.3 is 0 Å². The van der Waals surface area contributed by atoms with Gasteiger partial charge in [-0.3, -0.25) is 0 Å². The Kier molecular flexibility index (Phi) is 4.55. The van der Waals surface area contributed by atoms with Crippen molar-refractivity contribution in [3.05, 3.63) is 47.2 Å². The van der Waals surface area contributed by atoms with Crippen LogP contribution in [-0.4, -0.2) is 6.54 Å². The van der Waals surface area contributed by atoms with E-state index in [0.29, 0.717) is 5.76 Å². The van der Waals surface area contributed by atoms with E-state index in [1.165, 1.54) is 19.1 Å². The minimum absolute atomic E-state index is 0.0899. The van der Waals surface area contributed by atoms with Crippen LogP contribution in [0, 0.1) is 18.6 Å². The minimum atomic E-state index is -0.471. The Labute approximate surface area is 117 Å². The summed E-state index contributed by atoms with van der Waals surface area (Å²) in [6.07, 6.45) is 0.867. The first-order valence-corrected chi connectivity index (χ1v) is 6.85. The van der Waals surface area contributed by atoms with Crippen molar-refractivity contribution in [1.82, 2.24) is 5.32 Å². The third-order valence-corrected chi connectivity index (χ3v) is 3.34. The van der Waals surface area contributed by atoms with Gasteiger partial charge in [-0.15, -0.1) is 0 Å². The Bertz CT molecular complexity index is 592. The van der Waals surface area contributed by atoms with Crippen LogP contribution in [-0.2, 0) is 0 Å². The molecule has 1 unspecified atom stereocenters. The first-order chi connectivity index (χ1) is 9.56. The van der Waals surface area contributed by atoms with E-state index in [1.54, 1.807) is 6.07 Å². The molecule has 4 heteroatoms. The molecule has 1 N–H and O–H groups in total. The summed E-state index contributed by atoms with van der Waals surface area (Å²) in [5.74, 6) is 0.192. The fourth-order valence-electron chi connectivity index (χ4n) is 2.21. The molecule has 0 radical (unpaired) electrons. The molecule has 0 bridgehead atoms. The van der Waals surface area contributed by atoms with Crippen LogP contribution >= 0.6 is 0 Å². The summed E-state index contributed by atoms with van der Waals surface area (Å²) in [5, 5.41) is 3.29. The zero-order chi connectivity index (χ0) is 14.7. The average Bonchev–Trinajstić information content (AvgIpc) is 2.89. The molecular formula is C16H19F2NO. The molecule has 0 aliphatic heterocycles. The number of furan rings is 1. The highest BCUT2D eigenvalue weighted by molar-refractivity contribution is 5.59. The van der Waals surface area contributed by atoms with E-state index < -0.39 is 11.6 Å². The van der Waals surface area contributed by atoms with Crippen molar-refractivity contribution >= 4 is 0 Å². The molecule has 2 aromatic rings. The number of hydrogen-bond donors (Lipinski definition) is 1. The standard InChI is InChI=1S/C16H19F2NO/c1-4-14(19-5-2)16-7-6-15(20-16)11-9-12(17)10(3)8-13(11)18/h6-9,14,19H,4-5H2,1-3H3. The van der Waals surface area contributed by atoms with E-state index in [4.69, 9.17) is 4.42 Å². The molecule has 2 nitrogen and oxygen atoms in total. The Hall–Kier alpha value is -1.68. The van der Waals surface area contributed by atoms with Gasteiger partial charge in [0.05, 0.1) is 11.6 Å². The highest BCUT2D eigenvalue weighted by atomic mass is 19.1. The lowest BCUT2D eigenvalue weighted by atomic mass is 10.1. The van der Waals surface area contributed by atoms with E-state index in [2.05, 4.69) is 5.32 Å². The van der Waals surface area contributed by atoms with Crippen LogP contribution < -0.4 is 5.32 Å². The minimum Gasteiger partial charge on any atom is -0.459 e. The van der Waals surface area contributed by atoms with Gasteiger partial charge in [0.2, 0.25) is 0 Å². The number of aryl methyl sites for hydroxylation is 1. The van der Waals surface area contributed by atoms with Gasteiger partial charge in [-0.05, 0) is 49.7 Å². The Balaban J connectivity index is 2.35. The van der Waals surface area contributed by atoms with Gasteiger partial charge in [0.25, 0.3) is 0 Å². The molecule has 0 aliphatic rings. The lowest BCUT2D eigenvalue weighted by molar-refractivity contribution is 0.416. The number of nitrogens with one attached hydrogen (secondary N) is 1. The number of benzene rings is 1. The van der Waals surface area contributed by atoms with Gasteiger partial charge in [-0.1, -0.05) is 13.8 Å². The summed E-state index contributed by atoms with van der Waals surface area (Å²) in [7, 11) is 0. The SMILES string of the molecule is CCNC(CC)c1ccc(-c2cc(F)c(C)cc2F)o1. The lowest BCUT2D eigenvalue weighted by Gasteiger charge is -2.12. The highest BCUT2D eigenvalue weighted by Gasteiger charge is 2.16.